The second-order valence-corrected chi connectivity index (χ2v) is 7.15. The SMILES string of the molecule is O=C(CCc1ccccc1)Oc1c2cccc(Cl)c2cc2cccc(Cl)c12. The molecule has 27 heavy (non-hydrogen) atoms. The van der Waals surface area contributed by atoms with Crippen LogP contribution in [0.25, 0.3) is 21.5 Å². The van der Waals surface area contributed by atoms with Crippen LogP contribution in [0.3, 0.4) is 0 Å². The zero-order valence-corrected chi connectivity index (χ0v) is 15.9. The minimum Gasteiger partial charge on any atom is -0.425 e. The highest BCUT2D eigenvalue weighted by molar-refractivity contribution is 6.39. The number of benzene rings is 4. The highest BCUT2D eigenvalue weighted by Crippen LogP contribution is 2.41. The van der Waals surface area contributed by atoms with Gasteiger partial charge in [0.2, 0.25) is 0 Å². The fourth-order valence-electron chi connectivity index (χ4n) is 3.23. The zero-order valence-electron chi connectivity index (χ0n) is 14.4. The molecule has 0 saturated carbocycles. The van der Waals surface area contributed by atoms with Gasteiger partial charge in [-0.25, -0.2) is 0 Å². The average molecular weight is 395 g/mol. The molecule has 0 bridgehead atoms. The molecule has 0 aliphatic carbocycles. The van der Waals surface area contributed by atoms with E-state index in [0.29, 0.717) is 22.2 Å². The molecular weight excluding hydrogens is 379 g/mol. The first-order chi connectivity index (χ1) is 13.1. The summed E-state index contributed by atoms with van der Waals surface area (Å²) in [5.74, 6) is 0.168. The van der Waals surface area contributed by atoms with Gasteiger partial charge in [0, 0.05) is 27.6 Å². The number of carbonyl (C=O) groups is 1. The Morgan fingerprint density at radius 2 is 1.56 bits per heavy atom. The van der Waals surface area contributed by atoms with Gasteiger partial charge in [-0.15, -0.1) is 0 Å². The normalized spacial score (nSPS) is 11.0. The number of hydrogen-bond donors (Lipinski definition) is 0. The van der Waals surface area contributed by atoms with Crippen LogP contribution in [0.1, 0.15) is 12.0 Å². The number of hydrogen-bond acceptors (Lipinski definition) is 2. The maximum absolute atomic E-state index is 12.6. The van der Waals surface area contributed by atoms with E-state index in [4.69, 9.17) is 27.9 Å². The van der Waals surface area contributed by atoms with Crippen LogP contribution < -0.4 is 4.74 Å². The number of halogens is 2. The third kappa shape index (κ3) is 3.64. The Morgan fingerprint density at radius 3 is 2.37 bits per heavy atom. The Hall–Kier alpha value is -2.55. The van der Waals surface area contributed by atoms with Crippen molar-refractivity contribution < 1.29 is 9.53 Å². The number of aryl methyl sites for hydroxylation is 1. The number of esters is 1. The van der Waals surface area contributed by atoms with E-state index in [0.717, 1.165) is 27.1 Å². The molecule has 0 radical (unpaired) electrons. The minimum atomic E-state index is -0.299. The van der Waals surface area contributed by atoms with Gasteiger partial charge in [0.1, 0.15) is 5.75 Å². The lowest BCUT2D eigenvalue weighted by atomic mass is 10.0. The molecule has 0 unspecified atom stereocenters. The van der Waals surface area contributed by atoms with Crippen molar-refractivity contribution in [3.05, 3.63) is 88.4 Å². The molecule has 0 aliphatic rings. The molecule has 4 rings (SSSR count). The van der Waals surface area contributed by atoms with Crippen LogP contribution in [0.4, 0.5) is 0 Å². The summed E-state index contributed by atoms with van der Waals surface area (Å²) in [6.07, 6.45) is 0.907. The van der Waals surface area contributed by atoms with Crippen LogP contribution in [-0.4, -0.2) is 5.97 Å². The summed E-state index contributed by atoms with van der Waals surface area (Å²) in [7, 11) is 0. The monoisotopic (exact) mass is 394 g/mol. The fraction of sp³-hybridized carbons (Fsp3) is 0.0870. The highest BCUT2D eigenvalue weighted by atomic mass is 35.5. The summed E-state index contributed by atoms with van der Waals surface area (Å²) in [6.45, 7) is 0. The van der Waals surface area contributed by atoms with Gasteiger partial charge in [0.25, 0.3) is 0 Å². The molecule has 4 heteroatoms. The first-order valence-corrected chi connectivity index (χ1v) is 9.43. The number of rotatable bonds is 4. The molecular formula is C23H16Cl2O2. The Kier molecular flexibility index (Phi) is 5.02. The molecule has 0 heterocycles. The van der Waals surface area contributed by atoms with Crippen molar-refractivity contribution in [3.8, 4) is 5.75 Å². The predicted octanol–water partition coefficient (Wildman–Crippen LogP) is 6.84. The first-order valence-electron chi connectivity index (χ1n) is 8.67. The topological polar surface area (TPSA) is 26.3 Å². The number of fused-ring (bicyclic) bond motifs is 2. The number of ether oxygens (including phenoxy) is 1. The standard InChI is InChI=1S/C23H16Cl2O2/c24-19-10-5-9-17-18(19)14-16-8-4-11-20(25)22(16)23(17)27-21(26)13-12-15-6-2-1-3-7-15/h1-11,14H,12-13H2. The molecule has 0 saturated heterocycles. The third-order valence-corrected chi connectivity index (χ3v) is 5.19. The van der Waals surface area contributed by atoms with Crippen molar-refractivity contribution in [1.29, 1.82) is 0 Å². The molecule has 4 aromatic rings. The second kappa shape index (κ2) is 7.59. The Morgan fingerprint density at radius 1 is 0.815 bits per heavy atom. The lowest BCUT2D eigenvalue weighted by Gasteiger charge is -2.14. The van der Waals surface area contributed by atoms with Gasteiger partial charge in [0.15, 0.2) is 0 Å². The molecule has 4 aromatic carbocycles. The van der Waals surface area contributed by atoms with Crippen LogP contribution >= 0.6 is 23.2 Å². The summed E-state index contributed by atoms with van der Waals surface area (Å²) in [5.41, 5.74) is 1.10. The smallest absolute Gasteiger partial charge is 0.311 e. The van der Waals surface area contributed by atoms with E-state index in [2.05, 4.69) is 0 Å². The molecule has 0 fully saturated rings. The number of carbonyl (C=O) groups excluding carboxylic acids is 1. The van der Waals surface area contributed by atoms with Gasteiger partial charge < -0.3 is 4.74 Å². The Balaban J connectivity index is 1.74. The zero-order chi connectivity index (χ0) is 18.8. The molecule has 0 amide bonds. The summed E-state index contributed by atoms with van der Waals surface area (Å²) < 4.78 is 5.82. The van der Waals surface area contributed by atoms with E-state index < -0.39 is 0 Å². The van der Waals surface area contributed by atoms with E-state index in [9.17, 15) is 4.79 Å². The molecule has 0 aromatic heterocycles. The van der Waals surface area contributed by atoms with E-state index in [-0.39, 0.29) is 12.4 Å². The van der Waals surface area contributed by atoms with E-state index in [1.54, 1.807) is 6.07 Å². The quantitative estimate of drug-likeness (QED) is 0.215. The van der Waals surface area contributed by atoms with Gasteiger partial charge in [-0.3, -0.25) is 4.79 Å². The second-order valence-electron chi connectivity index (χ2n) is 6.34. The highest BCUT2D eigenvalue weighted by Gasteiger charge is 2.16. The lowest BCUT2D eigenvalue weighted by molar-refractivity contribution is -0.134. The van der Waals surface area contributed by atoms with Crippen LogP contribution in [0.2, 0.25) is 10.0 Å². The van der Waals surface area contributed by atoms with Gasteiger partial charge >= 0.3 is 5.97 Å². The van der Waals surface area contributed by atoms with Crippen LogP contribution in [0, 0.1) is 0 Å². The first kappa shape index (κ1) is 17.8. The maximum atomic E-state index is 12.6. The summed E-state index contributed by atoms with van der Waals surface area (Å²) in [4.78, 5) is 12.6. The van der Waals surface area contributed by atoms with E-state index in [1.165, 1.54) is 0 Å². The van der Waals surface area contributed by atoms with Gasteiger partial charge in [0.05, 0.1) is 5.02 Å². The fourth-order valence-corrected chi connectivity index (χ4v) is 3.73. The minimum absolute atomic E-state index is 0.285. The van der Waals surface area contributed by atoms with Crippen LogP contribution in [0.15, 0.2) is 72.8 Å². The predicted molar refractivity (Wildman–Crippen MR) is 112 cm³/mol. The van der Waals surface area contributed by atoms with Crippen LogP contribution in [0.5, 0.6) is 5.75 Å². The van der Waals surface area contributed by atoms with Crippen molar-refractivity contribution >= 4 is 50.7 Å². The molecule has 2 nitrogen and oxygen atoms in total. The lowest BCUT2D eigenvalue weighted by Crippen LogP contribution is -2.10. The largest absolute Gasteiger partial charge is 0.425 e. The van der Waals surface area contributed by atoms with Crippen molar-refractivity contribution in [3.63, 3.8) is 0 Å². The van der Waals surface area contributed by atoms with Gasteiger partial charge in [-0.05, 0) is 35.6 Å². The molecule has 0 aliphatic heterocycles. The third-order valence-electron chi connectivity index (χ3n) is 4.55. The maximum Gasteiger partial charge on any atom is 0.311 e. The van der Waals surface area contributed by atoms with Gasteiger partial charge in [-0.1, -0.05) is 77.8 Å². The summed E-state index contributed by atoms with van der Waals surface area (Å²) >= 11 is 12.8. The Labute approximate surface area is 167 Å². The molecule has 134 valence electrons. The van der Waals surface area contributed by atoms with Crippen molar-refractivity contribution in [1.82, 2.24) is 0 Å². The average Bonchev–Trinajstić information content (AvgIpc) is 2.68. The van der Waals surface area contributed by atoms with E-state index >= 15 is 0 Å². The van der Waals surface area contributed by atoms with Crippen molar-refractivity contribution in [2.75, 3.05) is 0 Å². The van der Waals surface area contributed by atoms with Crippen molar-refractivity contribution in [2.45, 2.75) is 12.8 Å². The summed E-state index contributed by atoms with van der Waals surface area (Å²) in [6, 6.07) is 23.0. The Bertz CT molecular complexity index is 1140. The van der Waals surface area contributed by atoms with Crippen LogP contribution in [-0.2, 0) is 11.2 Å². The molecule has 0 atom stereocenters. The molecule has 0 spiro atoms. The van der Waals surface area contributed by atoms with Gasteiger partial charge in [-0.2, -0.15) is 0 Å². The van der Waals surface area contributed by atoms with Crippen molar-refractivity contribution in [2.24, 2.45) is 0 Å². The molecule has 0 N–H and O–H groups in total. The van der Waals surface area contributed by atoms with E-state index in [1.807, 2.05) is 66.7 Å². The summed E-state index contributed by atoms with van der Waals surface area (Å²) in [5, 5.41) is 4.36.